The van der Waals surface area contributed by atoms with E-state index in [2.05, 4.69) is 16.8 Å². The third-order valence-electron chi connectivity index (χ3n) is 3.02. The first kappa shape index (κ1) is 12.3. The van der Waals surface area contributed by atoms with Gasteiger partial charge < -0.3 is 15.4 Å². The summed E-state index contributed by atoms with van der Waals surface area (Å²) >= 11 is 5.07. The largest absolute Gasteiger partial charge is 0.389 e. The lowest BCUT2D eigenvalue weighted by Crippen LogP contribution is -2.46. The predicted octanol–water partition coefficient (Wildman–Crippen LogP) is 1.33. The Morgan fingerprint density at radius 1 is 1.71 bits per heavy atom. The first-order valence-electron chi connectivity index (χ1n) is 5.83. The Labute approximate surface area is 107 Å². The Morgan fingerprint density at radius 2 is 2.53 bits per heavy atom. The molecule has 0 saturated carbocycles. The molecule has 4 nitrogen and oxygen atoms in total. The zero-order valence-electron chi connectivity index (χ0n) is 9.93. The summed E-state index contributed by atoms with van der Waals surface area (Å²) in [4.78, 5) is 7.07. The molecule has 0 aromatic carbocycles. The number of nitrogens with zero attached hydrogens (tertiary/aromatic N) is 2. The summed E-state index contributed by atoms with van der Waals surface area (Å²) in [6, 6.07) is 4.14. The van der Waals surface area contributed by atoms with Gasteiger partial charge in [-0.2, -0.15) is 0 Å². The standard InChI is InChI=1S/C12H17N3OS/c1-2-9-8-16-7-6-15(9)12-10(11(13)17)4-3-5-14-12/h3-5,9H,2,6-8H2,1H3,(H2,13,17). The van der Waals surface area contributed by atoms with Crippen molar-refractivity contribution in [2.24, 2.45) is 5.73 Å². The van der Waals surface area contributed by atoms with E-state index in [0.717, 1.165) is 37.6 Å². The maximum Gasteiger partial charge on any atom is 0.139 e. The highest BCUT2D eigenvalue weighted by molar-refractivity contribution is 7.80. The first-order chi connectivity index (χ1) is 8.24. The third-order valence-corrected chi connectivity index (χ3v) is 3.24. The molecule has 17 heavy (non-hydrogen) atoms. The summed E-state index contributed by atoms with van der Waals surface area (Å²) in [5.41, 5.74) is 6.59. The van der Waals surface area contributed by atoms with Crippen molar-refractivity contribution in [3.63, 3.8) is 0 Å². The van der Waals surface area contributed by atoms with E-state index in [1.54, 1.807) is 6.20 Å². The van der Waals surface area contributed by atoms with Crippen LogP contribution in [0.4, 0.5) is 5.82 Å². The molecule has 0 radical (unpaired) electrons. The van der Waals surface area contributed by atoms with Crippen LogP contribution in [0.1, 0.15) is 18.9 Å². The minimum absolute atomic E-state index is 0.353. The average molecular weight is 251 g/mol. The van der Waals surface area contributed by atoms with Crippen LogP contribution in [0.25, 0.3) is 0 Å². The highest BCUT2D eigenvalue weighted by Gasteiger charge is 2.24. The Kier molecular flexibility index (Phi) is 3.91. The van der Waals surface area contributed by atoms with Gasteiger partial charge in [-0.1, -0.05) is 19.1 Å². The zero-order chi connectivity index (χ0) is 12.3. The van der Waals surface area contributed by atoms with Crippen molar-refractivity contribution in [1.29, 1.82) is 0 Å². The molecule has 1 aromatic heterocycles. The van der Waals surface area contributed by atoms with Crippen molar-refractivity contribution < 1.29 is 4.74 Å². The number of hydrogen-bond donors (Lipinski definition) is 1. The molecule has 5 heteroatoms. The summed E-state index contributed by atoms with van der Waals surface area (Å²) < 4.78 is 5.49. The molecule has 1 saturated heterocycles. The van der Waals surface area contributed by atoms with Crippen molar-refractivity contribution in [2.75, 3.05) is 24.7 Å². The predicted molar refractivity (Wildman–Crippen MR) is 72.4 cm³/mol. The van der Waals surface area contributed by atoms with E-state index < -0.39 is 0 Å². The van der Waals surface area contributed by atoms with Gasteiger partial charge in [-0.05, 0) is 18.6 Å². The molecule has 1 fully saturated rings. The Bertz CT molecular complexity index is 410. The van der Waals surface area contributed by atoms with Crippen molar-refractivity contribution in [2.45, 2.75) is 19.4 Å². The molecule has 1 unspecified atom stereocenters. The summed E-state index contributed by atoms with van der Waals surface area (Å²) in [7, 11) is 0. The molecule has 0 spiro atoms. The maximum absolute atomic E-state index is 5.74. The van der Waals surface area contributed by atoms with Crippen LogP contribution < -0.4 is 10.6 Å². The Morgan fingerprint density at radius 3 is 3.24 bits per heavy atom. The molecular formula is C12H17N3OS. The summed E-state index contributed by atoms with van der Waals surface area (Å²) in [5, 5.41) is 0. The number of hydrogen-bond acceptors (Lipinski definition) is 4. The van der Waals surface area contributed by atoms with E-state index in [-0.39, 0.29) is 0 Å². The second-order valence-electron chi connectivity index (χ2n) is 4.07. The summed E-state index contributed by atoms with van der Waals surface area (Å²) in [6.45, 7) is 4.45. The summed E-state index contributed by atoms with van der Waals surface area (Å²) in [6.07, 6.45) is 2.80. The number of anilines is 1. The number of aromatic nitrogens is 1. The minimum atomic E-state index is 0.353. The molecule has 1 aliphatic rings. The van der Waals surface area contributed by atoms with E-state index in [0.29, 0.717) is 11.0 Å². The smallest absolute Gasteiger partial charge is 0.139 e. The quantitative estimate of drug-likeness (QED) is 0.821. The SMILES string of the molecule is CCC1COCCN1c1ncccc1C(N)=S. The molecule has 2 heterocycles. The first-order valence-corrected chi connectivity index (χ1v) is 6.24. The highest BCUT2D eigenvalue weighted by Crippen LogP contribution is 2.22. The lowest BCUT2D eigenvalue weighted by Gasteiger charge is -2.36. The van der Waals surface area contributed by atoms with Crippen molar-refractivity contribution in [3.8, 4) is 0 Å². The fourth-order valence-electron chi connectivity index (χ4n) is 2.09. The van der Waals surface area contributed by atoms with Gasteiger partial charge in [-0.15, -0.1) is 0 Å². The van der Waals surface area contributed by atoms with Gasteiger partial charge in [-0.25, -0.2) is 4.98 Å². The van der Waals surface area contributed by atoms with Gasteiger partial charge in [0, 0.05) is 12.7 Å². The van der Waals surface area contributed by atoms with E-state index in [1.807, 2.05) is 12.1 Å². The monoisotopic (exact) mass is 251 g/mol. The maximum atomic E-state index is 5.74. The lowest BCUT2D eigenvalue weighted by atomic mass is 10.1. The summed E-state index contributed by atoms with van der Waals surface area (Å²) in [5.74, 6) is 0.884. The van der Waals surface area contributed by atoms with Crippen LogP contribution in [0.15, 0.2) is 18.3 Å². The van der Waals surface area contributed by atoms with Gasteiger partial charge in [0.15, 0.2) is 0 Å². The zero-order valence-corrected chi connectivity index (χ0v) is 10.7. The van der Waals surface area contributed by atoms with Gasteiger partial charge >= 0.3 is 0 Å². The van der Waals surface area contributed by atoms with Crippen molar-refractivity contribution >= 4 is 23.0 Å². The van der Waals surface area contributed by atoms with Crippen LogP contribution in [0.2, 0.25) is 0 Å². The molecule has 1 aromatic rings. The number of ether oxygens (including phenoxy) is 1. The molecule has 1 atom stereocenters. The fraction of sp³-hybridized carbons (Fsp3) is 0.500. The molecular weight excluding hydrogens is 234 g/mol. The molecule has 2 N–H and O–H groups in total. The number of thiocarbonyl (C=S) groups is 1. The van der Waals surface area contributed by atoms with Crippen molar-refractivity contribution in [3.05, 3.63) is 23.9 Å². The van der Waals surface area contributed by atoms with Crippen LogP contribution in [0, 0.1) is 0 Å². The van der Waals surface area contributed by atoms with Crippen LogP contribution in [0.5, 0.6) is 0 Å². The van der Waals surface area contributed by atoms with E-state index in [9.17, 15) is 0 Å². The second-order valence-corrected chi connectivity index (χ2v) is 4.51. The molecule has 0 bridgehead atoms. The molecule has 0 amide bonds. The second kappa shape index (κ2) is 5.42. The van der Waals surface area contributed by atoms with E-state index in [4.69, 9.17) is 22.7 Å². The van der Waals surface area contributed by atoms with Gasteiger partial charge in [0.2, 0.25) is 0 Å². The number of nitrogens with two attached hydrogens (primary N) is 1. The van der Waals surface area contributed by atoms with Gasteiger partial charge in [0.1, 0.15) is 10.8 Å². The van der Waals surface area contributed by atoms with Crippen molar-refractivity contribution in [1.82, 2.24) is 4.98 Å². The van der Waals surface area contributed by atoms with Crippen LogP contribution in [-0.2, 0) is 4.74 Å². The number of pyridine rings is 1. The highest BCUT2D eigenvalue weighted by atomic mass is 32.1. The molecule has 1 aliphatic heterocycles. The normalized spacial score (nSPS) is 20.3. The van der Waals surface area contributed by atoms with E-state index >= 15 is 0 Å². The topological polar surface area (TPSA) is 51.4 Å². The average Bonchev–Trinajstić information content (AvgIpc) is 2.38. The van der Waals surface area contributed by atoms with Gasteiger partial charge in [-0.3, -0.25) is 0 Å². The minimum Gasteiger partial charge on any atom is -0.389 e. The Balaban J connectivity index is 2.34. The third kappa shape index (κ3) is 2.56. The van der Waals surface area contributed by atoms with Gasteiger partial charge in [0.05, 0.1) is 24.8 Å². The number of rotatable bonds is 3. The van der Waals surface area contributed by atoms with Crippen LogP contribution >= 0.6 is 12.2 Å². The lowest BCUT2D eigenvalue weighted by molar-refractivity contribution is 0.0925. The number of morpholine rings is 1. The molecule has 92 valence electrons. The van der Waals surface area contributed by atoms with Crippen LogP contribution in [-0.4, -0.2) is 35.8 Å². The molecule has 2 rings (SSSR count). The fourth-order valence-corrected chi connectivity index (χ4v) is 2.25. The van der Waals surface area contributed by atoms with E-state index in [1.165, 1.54) is 0 Å². The molecule has 0 aliphatic carbocycles. The van der Waals surface area contributed by atoms with Gasteiger partial charge in [0.25, 0.3) is 0 Å². The van der Waals surface area contributed by atoms with Crippen LogP contribution in [0.3, 0.4) is 0 Å². The Hall–Kier alpha value is -1.20.